The SMILES string of the molecule is CC1CN(c2ncccc2Cl)CCN1C(=O)Nc1ccc(Cl)c(C(F)(F)F)c1. The van der Waals surface area contributed by atoms with Crippen LogP contribution in [-0.4, -0.2) is 41.6 Å². The Hall–Kier alpha value is -2.19. The van der Waals surface area contributed by atoms with Gasteiger partial charge in [0, 0.05) is 37.6 Å². The Labute approximate surface area is 170 Å². The van der Waals surface area contributed by atoms with E-state index in [-0.39, 0.29) is 11.7 Å². The number of nitrogens with one attached hydrogen (secondary N) is 1. The lowest BCUT2D eigenvalue weighted by molar-refractivity contribution is -0.137. The number of rotatable bonds is 2. The van der Waals surface area contributed by atoms with Crippen LogP contribution in [0.2, 0.25) is 10.0 Å². The molecular weight excluding hydrogens is 416 g/mol. The number of carbonyl (C=O) groups is 1. The maximum Gasteiger partial charge on any atom is 0.417 e. The third-order valence-electron chi connectivity index (χ3n) is 4.45. The summed E-state index contributed by atoms with van der Waals surface area (Å²) in [5, 5.41) is 2.62. The van der Waals surface area contributed by atoms with E-state index in [0.29, 0.717) is 30.5 Å². The van der Waals surface area contributed by atoms with Gasteiger partial charge in [-0.25, -0.2) is 9.78 Å². The number of halogens is 5. The lowest BCUT2D eigenvalue weighted by Crippen LogP contribution is -2.55. The Morgan fingerprint density at radius 2 is 1.96 bits per heavy atom. The number of pyridine rings is 1. The number of anilines is 2. The fraction of sp³-hybridized carbons (Fsp3) is 0.333. The largest absolute Gasteiger partial charge is 0.417 e. The van der Waals surface area contributed by atoms with Crippen LogP contribution in [0.25, 0.3) is 0 Å². The van der Waals surface area contributed by atoms with Crippen molar-refractivity contribution < 1.29 is 18.0 Å². The Balaban J connectivity index is 1.69. The average molecular weight is 433 g/mol. The molecule has 0 saturated carbocycles. The summed E-state index contributed by atoms with van der Waals surface area (Å²) in [7, 11) is 0. The van der Waals surface area contributed by atoms with Crippen LogP contribution < -0.4 is 10.2 Å². The summed E-state index contributed by atoms with van der Waals surface area (Å²) >= 11 is 11.8. The zero-order valence-corrected chi connectivity index (χ0v) is 16.3. The topological polar surface area (TPSA) is 48.5 Å². The van der Waals surface area contributed by atoms with Crippen LogP contribution >= 0.6 is 23.2 Å². The molecule has 0 spiro atoms. The number of piperazine rings is 1. The molecule has 1 aromatic carbocycles. The number of carbonyl (C=O) groups excluding carboxylic acids is 1. The van der Waals surface area contributed by atoms with Crippen molar-refractivity contribution in [2.24, 2.45) is 0 Å². The standard InChI is InChI=1S/C18H17Cl2F3N4O/c1-11-10-26(16-15(20)3-2-6-24-16)7-8-27(11)17(28)25-12-4-5-14(19)13(9-12)18(21,22)23/h2-6,9,11H,7-8,10H2,1H3,(H,25,28). The van der Waals surface area contributed by atoms with Crippen molar-refractivity contribution >= 4 is 40.7 Å². The molecule has 0 bridgehead atoms. The number of aromatic nitrogens is 1. The van der Waals surface area contributed by atoms with Gasteiger partial charge in [0.1, 0.15) is 5.82 Å². The molecule has 1 N–H and O–H groups in total. The summed E-state index contributed by atoms with van der Waals surface area (Å²) in [4.78, 5) is 20.4. The smallest absolute Gasteiger partial charge is 0.352 e. The number of nitrogens with zero attached hydrogens (tertiary/aromatic N) is 3. The van der Waals surface area contributed by atoms with Crippen LogP contribution in [0.15, 0.2) is 36.5 Å². The highest BCUT2D eigenvalue weighted by molar-refractivity contribution is 6.33. The molecule has 2 heterocycles. The zero-order chi connectivity index (χ0) is 20.5. The van der Waals surface area contributed by atoms with Gasteiger partial charge in [0.25, 0.3) is 0 Å². The van der Waals surface area contributed by atoms with Gasteiger partial charge in [0.15, 0.2) is 0 Å². The first-order valence-corrected chi connectivity index (χ1v) is 9.22. The summed E-state index contributed by atoms with van der Waals surface area (Å²) < 4.78 is 39.0. The Morgan fingerprint density at radius 3 is 2.61 bits per heavy atom. The van der Waals surface area contributed by atoms with Gasteiger partial charge in [0.05, 0.1) is 15.6 Å². The summed E-state index contributed by atoms with van der Waals surface area (Å²) in [5.74, 6) is 0.642. The number of hydrogen-bond donors (Lipinski definition) is 1. The minimum Gasteiger partial charge on any atom is -0.352 e. The second-order valence-electron chi connectivity index (χ2n) is 6.42. The van der Waals surface area contributed by atoms with Crippen molar-refractivity contribution in [3.8, 4) is 0 Å². The van der Waals surface area contributed by atoms with E-state index in [2.05, 4.69) is 10.3 Å². The first-order chi connectivity index (χ1) is 13.2. The van der Waals surface area contributed by atoms with E-state index in [1.54, 1.807) is 23.2 Å². The first kappa shape index (κ1) is 20.5. The van der Waals surface area contributed by atoms with Crippen molar-refractivity contribution in [1.29, 1.82) is 0 Å². The third kappa shape index (κ3) is 4.44. The molecule has 1 saturated heterocycles. The van der Waals surface area contributed by atoms with E-state index in [9.17, 15) is 18.0 Å². The van der Waals surface area contributed by atoms with Gasteiger partial charge in [-0.3, -0.25) is 0 Å². The zero-order valence-electron chi connectivity index (χ0n) is 14.8. The summed E-state index contributed by atoms with van der Waals surface area (Å²) in [6.45, 7) is 3.23. The number of urea groups is 1. The Kier molecular flexibility index (Phi) is 5.90. The van der Waals surface area contributed by atoms with Crippen molar-refractivity contribution in [2.75, 3.05) is 29.9 Å². The van der Waals surface area contributed by atoms with Gasteiger partial charge >= 0.3 is 12.2 Å². The maximum absolute atomic E-state index is 13.0. The monoisotopic (exact) mass is 432 g/mol. The summed E-state index contributed by atoms with van der Waals surface area (Å²) in [5.41, 5.74) is -0.959. The van der Waals surface area contributed by atoms with Crippen molar-refractivity contribution in [3.63, 3.8) is 0 Å². The normalized spacial score (nSPS) is 17.6. The molecular formula is C18H17Cl2F3N4O. The number of amides is 2. The summed E-state index contributed by atoms with van der Waals surface area (Å²) in [6.07, 6.45) is -2.96. The molecule has 1 aliphatic heterocycles. The van der Waals surface area contributed by atoms with E-state index in [4.69, 9.17) is 23.2 Å². The van der Waals surface area contributed by atoms with Gasteiger partial charge in [-0.2, -0.15) is 13.2 Å². The minimum absolute atomic E-state index is 0.0316. The predicted octanol–water partition coefficient (Wildman–Crippen LogP) is 5.15. The summed E-state index contributed by atoms with van der Waals surface area (Å²) in [6, 6.07) is 6.09. The van der Waals surface area contributed by atoms with E-state index in [1.807, 2.05) is 11.8 Å². The highest BCUT2D eigenvalue weighted by atomic mass is 35.5. The van der Waals surface area contributed by atoms with E-state index >= 15 is 0 Å². The number of benzene rings is 1. The molecule has 0 radical (unpaired) electrons. The van der Waals surface area contributed by atoms with Gasteiger partial charge in [-0.1, -0.05) is 23.2 Å². The molecule has 2 aromatic rings. The molecule has 1 unspecified atom stereocenters. The van der Waals surface area contributed by atoms with Gasteiger partial charge < -0.3 is 15.1 Å². The molecule has 150 valence electrons. The van der Waals surface area contributed by atoms with Crippen LogP contribution in [-0.2, 0) is 6.18 Å². The van der Waals surface area contributed by atoms with Crippen LogP contribution in [0.5, 0.6) is 0 Å². The molecule has 10 heteroatoms. The maximum atomic E-state index is 13.0. The van der Waals surface area contributed by atoms with Crippen LogP contribution in [0, 0.1) is 0 Å². The second-order valence-corrected chi connectivity index (χ2v) is 7.23. The van der Waals surface area contributed by atoms with Crippen LogP contribution in [0.1, 0.15) is 12.5 Å². The number of alkyl halides is 3. The van der Waals surface area contributed by atoms with Gasteiger partial charge in [0.2, 0.25) is 0 Å². The molecule has 0 aliphatic carbocycles. The lowest BCUT2D eigenvalue weighted by atomic mass is 10.2. The highest BCUT2D eigenvalue weighted by Crippen LogP contribution is 2.36. The quantitative estimate of drug-likeness (QED) is 0.713. The molecule has 2 amide bonds. The Morgan fingerprint density at radius 1 is 1.21 bits per heavy atom. The molecule has 3 rings (SSSR count). The highest BCUT2D eigenvalue weighted by Gasteiger charge is 2.34. The first-order valence-electron chi connectivity index (χ1n) is 8.46. The molecule has 1 aliphatic rings. The molecule has 1 atom stereocenters. The molecule has 5 nitrogen and oxygen atoms in total. The Bertz CT molecular complexity index is 878. The van der Waals surface area contributed by atoms with Crippen molar-refractivity contribution in [2.45, 2.75) is 19.1 Å². The van der Waals surface area contributed by atoms with Crippen molar-refractivity contribution in [3.05, 3.63) is 52.1 Å². The average Bonchev–Trinajstić information content (AvgIpc) is 2.62. The van der Waals surface area contributed by atoms with Crippen LogP contribution in [0.3, 0.4) is 0 Å². The fourth-order valence-corrected chi connectivity index (χ4v) is 3.54. The van der Waals surface area contributed by atoms with Gasteiger partial charge in [-0.05, 0) is 37.3 Å². The van der Waals surface area contributed by atoms with E-state index in [0.717, 1.165) is 12.1 Å². The van der Waals surface area contributed by atoms with E-state index in [1.165, 1.54) is 6.07 Å². The molecule has 1 aromatic heterocycles. The predicted molar refractivity (Wildman–Crippen MR) is 103 cm³/mol. The minimum atomic E-state index is -4.60. The molecule has 28 heavy (non-hydrogen) atoms. The van der Waals surface area contributed by atoms with E-state index < -0.39 is 22.8 Å². The van der Waals surface area contributed by atoms with Crippen molar-refractivity contribution in [1.82, 2.24) is 9.88 Å². The second kappa shape index (κ2) is 8.05. The number of hydrogen-bond acceptors (Lipinski definition) is 3. The van der Waals surface area contributed by atoms with Gasteiger partial charge in [-0.15, -0.1) is 0 Å². The van der Waals surface area contributed by atoms with Crippen LogP contribution in [0.4, 0.5) is 29.5 Å². The third-order valence-corrected chi connectivity index (χ3v) is 5.07. The molecule has 1 fully saturated rings. The lowest BCUT2D eigenvalue weighted by Gasteiger charge is -2.40. The fourth-order valence-electron chi connectivity index (χ4n) is 3.08.